The van der Waals surface area contributed by atoms with Crippen LogP contribution in [0.15, 0.2) is 18.7 Å². The molecule has 14 heavy (non-hydrogen) atoms. The van der Waals surface area contributed by atoms with Crippen molar-refractivity contribution in [3.8, 4) is 0 Å². The molecule has 0 atom stereocenters. The van der Waals surface area contributed by atoms with Gasteiger partial charge in [-0.2, -0.15) is 0 Å². The number of rotatable bonds is 2. The zero-order chi connectivity index (χ0) is 11.1. The highest BCUT2D eigenvalue weighted by atomic mass is 31.0. The third-order valence-electron chi connectivity index (χ3n) is 1.87. The van der Waals surface area contributed by atoms with Crippen molar-refractivity contribution in [2.45, 2.75) is 39.8 Å². The maximum Gasteiger partial charge on any atom is 0.244 e. The van der Waals surface area contributed by atoms with Crippen LogP contribution in [0.5, 0.6) is 0 Å². The third kappa shape index (κ3) is 4.36. The predicted octanol–water partition coefficient (Wildman–Crippen LogP) is 2.40. The van der Waals surface area contributed by atoms with Gasteiger partial charge in [0.15, 0.2) is 0 Å². The molecule has 3 nitrogen and oxygen atoms in total. The van der Waals surface area contributed by atoms with Crippen molar-refractivity contribution in [3.05, 3.63) is 18.7 Å². The summed E-state index contributed by atoms with van der Waals surface area (Å²) in [5, 5.41) is 0. The van der Waals surface area contributed by atoms with E-state index in [1.807, 2.05) is 0 Å². The molecule has 0 N–H and O–H groups in total. The van der Waals surface area contributed by atoms with Gasteiger partial charge >= 0.3 is 0 Å². The zero-order valence-electron chi connectivity index (χ0n) is 9.14. The minimum absolute atomic E-state index is 0.565. The highest BCUT2D eigenvalue weighted by molar-refractivity contribution is 7.16. The maximum atomic E-state index is 8.54. The standard InChI is InChI=1S/C9H17N2.COP/c1-8(2)10-5-6-11(7-10)9(3)4;2-1-3/h5-9H,1-4H3;/q+1;-1. The van der Waals surface area contributed by atoms with Gasteiger partial charge in [0.25, 0.3) is 0 Å². The summed E-state index contributed by atoms with van der Waals surface area (Å²) in [6, 6.07) is 1.13. The van der Waals surface area contributed by atoms with Gasteiger partial charge in [0.1, 0.15) is 12.4 Å². The Bertz CT molecular complexity index is 276. The van der Waals surface area contributed by atoms with Gasteiger partial charge in [0.05, 0.1) is 12.1 Å². The third-order valence-corrected chi connectivity index (χ3v) is 1.87. The molecule has 1 aromatic heterocycles. The van der Waals surface area contributed by atoms with Crippen molar-refractivity contribution in [3.63, 3.8) is 0 Å². The quantitative estimate of drug-likeness (QED) is 0.546. The zero-order valence-corrected chi connectivity index (χ0v) is 10.0. The lowest BCUT2D eigenvalue weighted by atomic mass is 10.4. The van der Waals surface area contributed by atoms with E-state index in [0.29, 0.717) is 12.1 Å². The van der Waals surface area contributed by atoms with Gasteiger partial charge in [0.2, 0.25) is 6.33 Å². The van der Waals surface area contributed by atoms with E-state index >= 15 is 0 Å². The molecule has 4 heteroatoms. The Balaban J connectivity index is 0.000000500. The van der Waals surface area contributed by atoms with Crippen LogP contribution in [0.25, 0.3) is 0 Å². The lowest BCUT2D eigenvalue weighted by molar-refractivity contribution is -0.715. The van der Waals surface area contributed by atoms with Crippen molar-refractivity contribution in [1.29, 1.82) is 0 Å². The smallest absolute Gasteiger partial charge is 0.244 e. The predicted molar refractivity (Wildman–Crippen MR) is 58.0 cm³/mol. The van der Waals surface area contributed by atoms with Gasteiger partial charge in [-0.15, -0.1) is 5.66 Å². The van der Waals surface area contributed by atoms with Gasteiger partial charge in [-0.1, -0.05) is 0 Å². The lowest BCUT2D eigenvalue weighted by Gasteiger charge is -1.99. The highest BCUT2D eigenvalue weighted by Crippen LogP contribution is 2.01. The number of hydrogen-bond acceptors (Lipinski definition) is 1. The number of nitrogens with zero attached hydrogens (tertiary/aromatic N) is 2. The lowest BCUT2D eigenvalue weighted by Crippen LogP contribution is -2.33. The van der Waals surface area contributed by atoms with Gasteiger partial charge in [-0.3, -0.25) is 4.79 Å². The molecule has 1 aromatic rings. The number of hydrogen-bond donors (Lipinski definition) is 0. The summed E-state index contributed by atoms with van der Waals surface area (Å²) in [5.74, 6) is 0. The van der Waals surface area contributed by atoms with E-state index in [0.717, 1.165) is 0 Å². The topological polar surface area (TPSA) is 25.9 Å². The largest absolute Gasteiger partial charge is 0.623 e. The molecule has 0 aliphatic carbocycles. The molecule has 0 saturated carbocycles. The molecule has 0 bridgehead atoms. The molecule has 0 fully saturated rings. The Morgan fingerprint density at radius 2 is 1.86 bits per heavy atom. The Morgan fingerprint density at radius 3 is 2.07 bits per heavy atom. The molecular formula is C10H17N2OP. The summed E-state index contributed by atoms with van der Waals surface area (Å²) in [6.07, 6.45) is 6.38. The molecule has 0 radical (unpaired) electrons. The maximum absolute atomic E-state index is 8.54. The number of imidazole rings is 1. The van der Waals surface area contributed by atoms with E-state index in [2.05, 4.69) is 64.4 Å². The van der Waals surface area contributed by atoms with Gasteiger partial charge in [-0.25, -0.2) is 9.13 Å². The minimum atomic E-state index is 0.565. The SMILES string of the molecule is CC(C)n1cc[n+](C(C)C)c1.O=C=[P-]. The number of aromatic nitrogens is 2. The van der Waals surface area contributed by atoms with Gasteiger partial charge < -0.3 is 8.86 Å². The van der Waals surface area contributed by atoms with E-state index in [1.165, 1.54) is 5.66 Å². The summed E-state index contributed by atoms with van der Waals surface area (Å²) in [4.78, 5) is 8.54. The molecule has 1 heterocycles. The van der Waals surface area contributed by atoms with Gasteiger partial charge in [0, 0.05) is 0 Å². The van der Waals surface area contributed by atoms with Crippen LogP contribution in [0, 0.1) is 0 Å². The van der Waals surface area contributed by atoms with Crippen molar-refractivity contribution in [2.24, 2.45) is 0 Å². The Kier molecular flexibility index (Phi) is 6.11. The van der Waals surface area contributed by atoms with Crippen LogP contribution >= 0.6 is 8.86 Å². The summed E-state index contributed by atoms with van der Waals surface area (Å²) >= 11 is 0. The fraction of sp³-hybridized carbons (Fsp3) is 0.600. The fourth-order valence-electron chi connectivity index (χ4n) is 0.996. The van der Waals surface area contributed by atoms with Crippen molar-refractivity contribution in [2.75, 3.05) is 0 Å². The van der Waals surface area contributed by atoms with Crippen molar-refractivity contribution < 1.29 is 9.36 Å². The summed E-state index contributed by atoms with van der Waals surface area (Å²) in [6.45, 7) is 8.74. The molecule has 1 rings (SSSR count). The van der Waals surface area contributed by atoms with E-state index in [1.54, 1.807) is 0 Å². The van der Waals surface area contributed by atoms with Crippen LogP contribution in [-0.2, 0) is 4.79 Å². The normalized spacial score (nSPS) is 9.57. The van der Waals surface area contributed by atoms with E-state index in [-0.39, 0.29) is 0 Å². The molecule has 0 saturated heterocycles. The second-order valence-electron chi connectivity index (χ2n) is 3.59. The van der Waals surface area contributed by atoms with Crippen LogP contribution in [-0.4, -0.2) is 10.2 Å². The minimum Gasteiger partial charge on any atom is -0.623 e. The van der Waals surface area contributed by atoms with E-state index in [4.69, 9.17) is 4.79 Å². The molecule has 0 aromatic carbocycles. The van der Waals surface area contributed by atoms with Crippen molar-refractivity contribution in [1.82, 2.24) is 4.57 Å². The first-order valence-electron chi connectivity index (χ1n) is 4.62. The van der Waals surface area contributed by atoms with Crippen molar-refractivity contribution >= 4 is 14.5 Å². The molecule has 0 aliphatic heterocycles. The Labute approximate surface area is 87.6 Å². The first kappa shape index (κ1) is 13.1. The first-order valence-corrected chi connectivity index (χ1v) is 5.07. The van der Waals surface area contributed by atoms with E-state index < -0.39 is 0 Å². The molecule has 78 valence electrons. The summed E-state index contributed by atoms with van der Waals surface area (Å²) in [5.41, 5.74) is 1.19. The van der Waals surface area contributed by atoms with Crippen LogP contribution in [0.1, 0.15) is 39.8 Å². The molecule has 0 amide bonds. The average molecular weight is 212 g/mol. The van der Waals surface area contributed by atoms with E-state index in [9.17, 15) is 0 Å². The first-order chi connectivity index (χ1) is 6.52. The Morgan fingerprint density at radius 1 is 1.36 bits per heavy atom. The number of carbonyl (C=O) groups excluding carboxylic acids is 1. The summed E-state index contributed by atoms with van der Waals surface area (Å²) in [7, 11) is 2.98. The average Bonchev–Trinajstić information content (AvgIpc) is 2.53. The Hall–Kier alpha value is -0.910. The van der Waals surface area contributed by atoms with Crippen LogP contribution in [0.3, 0.4) is 0 Å². The summed E-state index contributed by atoms with van der Waals surface area (Å²) < 4.78 is 4.42. The van der Waals surface area contributed by atoms with Crippen LogP contribution < -0.4 is 4.57 Å². The van der Waals surface area contributed by atoms with Crippen LogP contribution in [0.4, 0.5) is 0 Å². The molecule has 0 spiro atoms. The molecular weight excluding hydrogens is 195 g/mol. The van der Waals surface area contributed by atoms with Gasteiger partial charge in [-0.05, 0) is 27.7 Å². The second kappa shape index (κ2) is 6.53. The highest BCUT2D eigenvalue weighted by Gasteiger charge is 2.08. The van der Waals surface area contributed by atoms with Crippen LogP contribution in [0.2, 0.25) is 0 Å². The molecule has 0 aliphatic rings. The monoisotopic (exact) mass is 212 g/mol. The fourth-order valence-corrected chi connectivity index (χ4v) is 0.996. The second-order valence-corrected chi connectivity index (χ2v) is 3.77. The molecule has 0 unspecified atom stereocenters.